The molecule has 0 N–H and O–H groups in total. The first kappa shape index (κ1) is 16.0. The number of fused-ring (bicyclic) bond motifs is 2. The molecule has 0 fully saturated rings. The Morgan fingerprint density at radius 3 is 2.74 bits per heavy atom. The average molecular weight is 376 g/mol. The van der Waals surface area contributed by atoms with E-state index in [0.717, 1.165) is 44.4 Å². The van der Waals surface area contributed by atoms with E-state index >= 15 is 0 Å². The van der Waals surface area contributed by atoms with E-state index in [4.69, 9.17) is 9.47 Å². The number of ether oxygens (including phenoxy) is 2. The molecule has 0 aliphatic carbocycles. The van der Waals surface area contributed by atoms with E-state index in [1.807, 2.05) is 42.9 Å². The molecule has 1 aliphatic heterocycles. The molecule has 6 nitrogen and oxygen atoms in total. The second-order valence-electron chi connectivity index (χ2n) is 6.28. The fourth-order valence-electron chi connectivity index (χ4n) is 3.21. The van der Waals surface area contributed by atoms with Gasteiger partial charge in [0.15, 0.2) is 11.5 Å². The van der Waals surface area contributed by atoms with Gasteiger partial charge < -0.3 is 14.4 Å². The van der Waals surface area contributed by atoms with Gasteiger partial charge in [-0.2, -0.15) is 0 Å². The maximum absolute atomic E-state index is 5.51. The summed E-state index contributed by atoms with van der Waals surface area (Å²) in [5.74, 6) is 2.45. The molecular formula is C20H16N4O2S. The third-order valence-electron chi connectivity index (χ3n) is 4.54. The molecule has 0 saturated heterocycles. The normalized spacial score (nSPS) is 12.5. The molecule has 0 unspecified atom stereocenters. The molecule has 1 aliphatic rings. The number of anilines is 1. The lowest BCUT2D eigenvalue weighted by Crippen LogP contribution is -2.18. The molecule has 0 atom stereocenters. The van der Waals surface area contributed by atoms with E-state index in [-0.39, 0.29) is 6.79 Å². The Kier molecular flexibility index (Phi) is 3.86. The van der Waals surface area contributed by atoms with Crippen LogP contribution in [0.4, 0.5) is 5.82 Å². The van der Waals surface area contributed by atoms with Crippen LogP contribution in [0.5, 0.6) is 11.5 Å². The first-order valence-electron chi connectivity index (χ1n) is 8.52. The first-order chi connectivity index (χ1) is 13.3. The van der Waals surface area contributed by atoms with Crippen LogP contribution in [-0.4, -0.2) is 28.8 Å². The SMILES string of the molecule is CN(Cc1nccs1)c1ncnc2ccc(-c3ccc4c(c3)OCO4)cc12. The van der Waals surface area contributed by atoms with E-state index in [1.165, 1.54) is 0 Å². The van der Waals surface area contributed by atoms with Gasteiger partial charge in [0.2, 0.25) is 6.79 Å². The zero-order chi connectivity index (χ0) is 18.2. The van der Waals surface area contributed by atoms with Crippen molar-refractivity contribution in [3.05, 3.63) is 59.3 Å². The molecule has 3 heterocycles. The van der Waals surface area contributed by atoms with Gasteiger partial charge in [0.05, 0.1) is 12.1 Å². The van der Waals surface area contributed by atoms with Gasteiger partial charge >= 0.3 is 0 Å². The molecule has 27 heavy (non-hydrogen) atoms. The van der Waals surface area contributed by atoms with Crippen LogP contribution in [0.2, 0.25) is 0 Å². The summed E-state index contributed by atoms with van der Waals surface area (Å²) in [6.45, 7) is 0.980. The fourth-order valence-corrected chi connectivity index (χ4v) is 3.88. The summed E-state index contributed by atoms with van der Waals surface area (Å²) >= 11 is 1.64. The minimum absolute atomic E-state index is 0.274. The molecule has 0 radical (unpaired) electrons. The van der Waals surface area contributed by atoms with Crippen LogP contribution in [0.1, 0.15) is 5.01 Å². The highest BCUT2D eigenvalue weighted by Crippen LogP contribution is 2.37. The lowest BCUT2D eigenvalue weighted by molar-refractivity contribution is 0.174. The van der Waals surface area contributed by atoms with Crippen LogP contribution >= 0.6 is 11.3 Å². The number of benzene rings is 2. The summed E-state index contributed by atoms with van der Waals surface area (Å²) in [6.07, 6.45) is 3.43. The Morgan fingerprint density at radius 2 is 1.85 bits per heavy atom. The first-order valence-corrected chi connectivity index (χ1v) is 9.40. The number of thiazole rings is 1. The second kappa shape index (κ2) is 6.51. The van der Waals surface area contributed by atoms with Gasteiger partial charge in [-0.25, -0.2) is 15.0 Å². The maximum Gasteiger partial charge on any atom is 0.231 e. The molecule has 2 aromatic heterocycles. The summed E-state index contributed by atoms with van der Waals surface area (Å²) in [5, 5.41) is 4.04. The van der Waals surface area contributed by atoms with Gasteiger partial charge in [-0.3, -0.25) is 0 Å². The maximum atomic E-state index is 5.51. The van der Waals surface area contributed by atoms with Gasteiger partial charge in [-0.05, 0) is 35.4 Å². The highest BCUT2D eigenvalue weighted by molar-refractivity contribution is 7.09. The van der Waals surface area contributed by atoms with Crippen LogP contribution in [0.25, 0.3) is 22.0 Å². The van der Waals surface area contributed by atoms with Gasteiger partial charge in [0.25, 0.3) is 0 Å². The van der Waals surface area contributed by atoms with E-state index in [9.17, 15) is 0 Å². The third kappa shape index (κ3) is 2.96. The van der Waals surface area contributed by atoms with Crippen LogP contribution in [0, 0.1) is 0 Å². The summed E-state index contributed by atoms with van der Waals surface area (Å²) < 4.78 is 10.9. The Bertz CT molecular complexity index is 1110. The van der Waals surface area contributed by atoms with Crippen LogP contribution in [0.15, 0.2) is 54.3 Å². The van der Waals surface area contributed by atoms with E-state index in [0.29, 0.717) is 6.54 Å². The van der Waals surface area contributed by atoms with E-state index in [2.05, 4.69) is 32.0 Å². The van der Waals surface area contributed by atoms with Crippen molar-refractivity contribution in [1.29, 1.82) is 0 Å². The van der Waals surface area contributed by atoms with Crippen molar-refractivity contribution < 1.29 is 9.47 Å². The smallest absolute Gasteiger partial charge is 0.231 e. The number of rotatable bonds is 4. The number of hydrogen-bond donors (Lipinski definition) is 0. The van der Waals surface area contributed by atoms with Crippen molar-refractivity contribution in [3.8, 4) is 22.6 Å². The summed E-state index contributed by atoms with van der Waals surface area (Å²) in [6, 6.07) is 12.2. The number of aromatic nitrogens is 3. The van der Waals surface area contributed by atoms with Crippen molar-refractivity contribution in [2.24, 2.45) is 0 Å². The second-order valence-corrected chi connectivity index (χ2v) is 7.26. The zero-order valence-electron chi connectivity index (χ0n) is 14.6. The van der Waals surface area contributed by atoms with E-state index < -0.39 is 0 Å². The molecule has 0 saturated carbocycles. The van der Waals surface area contributed by atoms with Gasteiger partial charge in [0, 0.05) is 24.0 Å². The number of nitrogens with zero attached hydrogens (tertiary/aromatic N) is 4. The molecule has 2 aromatic carbocycles. The van der Waals surface area contributed by atoms with Crippen LogP contribution in [-0.2, 0) is 6.54 Å². The van der Waals surface area contributed by atoms with Gasteiger partial charge in [-0.15, -0.1) is 11.3 Å². The summed E-state index contributed by atoms with van der Waals surface area (Å²) in [4.78, 5) is 15.4. The molecule has 0 bridgehead atoms. The lowest BCUT2D eigenvalue weighted by Gasteiger charge is -2.18. The minimum atomic E-state index is 0.274. The topological polar surface area (TPSA) is 60.4 Å². The predicted octanol–water partition coefficient (Wildman–Crippen LogP) is 4.12. The lowest BCUT2D eigenvalue weighted by atomic mass is 10.0. The Labute approximate surface area is 160 Å². The van der Waals surface area contributed by atoms with Crippen molar-refractivity contribution in [3.63, 3.8) is 0 Å². The Morgan fingerprint density at radius 1 is 1.00 bits per heavy atom. The monoisotopic (exact) mass is 376 g/mol. The summed E-state index contributed by atoms with van der Waals surface area (Å²) in [5.41, 5.74) is 3.06. The highest BCUT2D eigenvalue weighted by Gasteiger charge is 2.15. The molecule has 0 spiro atoms. The van der Waals surface area contributed by atoms with Crippen molar-refractivity contribution in [1.82, 2.24) is 15.0 Å². The molecule has 5 rings (SSSR count). The van der Waals surface area contributed by atoms with Gasteiger partial charge in [0.1, 0.15) is 17.2 Å². The average Bonchev–Trinajstić information content (AvgIpc) is 3.38. The van der Waals surface area contributed by atoms with Crippen LogP contribution < -0.4 is 14.4 Å². The van der Waals surface area contributed by atoms with Crippen LogP contribution in [0.3, 0.4) is 0 Å². The highest BCUT2D eigenvalue weighted by atomic mass is 32.1. The summed E-state index contributed by atoms with van der Waals surface area (Å²) in [7, 11) is 2.02. The number of hydrogen-bond acceptors (Lipinski definition) is 7. The van der Waals surface area contributed by atoms with Crippen molar-refractivity contribution in [2.75, 3.05) is 18.7 Å². The standard InChI is InChI=1S/C20H16N4O2S/c1-24(10-19-21-6-7-27-19)20-15-8-13(2-4-16(15)22-11-23-20)14-3-5-17-18(9-14)26-12-25-17/h2-9,11H,10,12H2,1H3. The third-order valence-corrected chi connectivity index (χ3v) is 5.30. The Balaban J connectivity index is 1.56. The minimum Gasteiger partial charge on any atom is -0.454 e. The molecule has 7 heteroatoms. The van der Waals surface area contributed by atoms with E-state index in [1.54, 1.807) is 17.7 Å². The zero-order valence-corrected chi connectivity index (χ0v) is 15.4. The molecule has 0 amide bonds. The van der Waals surface area contributed by atoms with Crippen molar-refractivity contribution >= 4 is 28.1 Å². The molecule has 4 aromatic rings. The largest absolute Gasteiger partial charge is 0.454 e. The predicted molar refractivity (Wildman–Crippen MR) is 105 cm³/mol. The van der Waals surface area contributed by atoms with Crippen molar-refractivity contribution in [2.45, 2.75) is 6.54 Å². The fraction of sp³-hybridized carbons (Fsp3) is 0.150. The van der Waals surface area contributed by atoms with Gasteiger partial charge in [-0.1, -0.05) is 12.1 Å². The Hall–Kier alpha value is -3.19. The molecule has 134 valence electrons. The quantitative estimate of drug-likeness (QED) is 0.534. The molecular weight excluding hydrogens is 360 g/mol.